The summed E-state index contributed by atoms with van der Waals surface area (Å²) in [7, 11) is 0. The molecule has 33 heavy (non-hydrogen) atoms. The van der Waals surface area contributed by atoms with Gasteiger partial charge in [0.2, 0.25) is 0 Å². The Kier molecular flexibility index (Phi) is 5.91. The highest BCUT2D eigenvalue weighted by Crippen LogP contribution is 2.39. The molecule has 0 N–H and O–H groups in total. The highest BCUT2D eigenvalue weighted by Gasteiger charge is 2.23. The minimum absolute atomic E-state index is 0.480. The number of nitrogens with zero attached hydrogens (tertiary/aromatic N) is 2. The number of benzene rings is 4. The maximum Gasteiger partial charge on any atom is 0.141 e. The van der Waals surface area contributed by atoms with Gasteiger partial charge in [0.25, 0.3) is 0 Å². The lowest BCUT2D eigenvalue weighted by molar-refractivity contribution is 0.530. The van der Waals surface area contributed by atoms with Crippen LogP contribution in [0.2, 0.25) is 0 Å². The molecule has 5 aromatic rings. The van der Waals surface area contributed by atoms with Crippen molar-refractivity contribution in [2.24, 2.45) is 5.92 Å². The van der Waals surface area contributed by atoms with Gasteiger partial charge in [0.15, 0.2) is 0 Å². The molecular formula is C31H28N2. The van der Waals surface area contributed by atoms with Crippen molar-refractivity contribution in [3.8, 4) is 45.0 Å². The molecule has 0 amide bonds. The largest absolute Gasteiger partial charge is 0.323 e. The maximum absolute atomic E-state index is 5.33. The first-order valence-electron chi connectivity index (χ1n) is 11.6. The van der Waals surface area contributed by atoms with Crippen LogP contribution >= 0.6 is 0 Å². The van der Waals surface area contributed by atoms with Crippen LogP contribution in [-0.2, 0) is 6.54 Å². The molecule has 2 heteroatoms. The van der Waals surface area contributed by atoms with Gasteiger partial charge >= 0.3 is 0 Å². The Morgan fingerprint density at radius 1 is 0.576 bits per heavy atom. The molecule has 0 atom stereocenters. The number of hydrogen-bond donors (Lipinski definition) is 0. The Bertz CT molecular complexity index is 1330. The quantitative estimate of drug-likeness (QED) is 0.266. The van der Waals surface area contributed by atoms with Crippen molar-refractivity contribution >= 4 is 0 Å². The molecule has 1 heterocycles. The molecule has 0 aliphatic carbocycles. The van der Waals surface area contributed by atoms with E-state index in [0.717, 1.165) is 29.2 Å². The van der Waals surface area contributed by atoms with Crippen molar-refractivity contribution in [3.63, 3.8) is 0 Å². The molecule has 0 spiro atoms. The molecule has 0 saturated carbocycles. The molecule has 162 valence electrons. The zero-order valence-corrected chi connectivity index (χ0v) is 19.1. The molecule has 0 unspecified atom stereocenters. The highest BCUT2D eigenvalue weighted by molar-refractivity contribution is 5.86. The Morgan fingerprint density at radius 3 is 1.64 bits per heavy atom. The minimum Gasteiger partial charge on any atom is -0.323 e. The van der Waals surface area contributed by atoms with Crippen molar-refractivity contribution < 1.29 is 0 Å². The lowest BCUT2D eigenvalue weighted by Crippen LogP contribution is -2.08. The van der Waals surface area contributed by atoms with E-state index in [4.69, 9.17) is 4.98 Å². The normalized spacial score (nSPS) is 11.1. The third-order valence-electron chi connectivity index (χ3n) is 5.86. The van der Waals surface area contributed by atoms with Crippen molar-refractivity contribution in [1.82, 2.24) is 9.55 Å². The van der Waals surface area contributed by atoms with E-state index >= 15 is 0 Å². The predicted octanol–water partition coefficient (Wildman–Crippen LogP) is 8.21. The van der Waals surface area contributed by atoms with Crippen LogP contribution < -0.4 is 0 Å². The first-order valence-corrected chi connectivity index (χ1v) is 11.6. The Balaban J connectivity index is 1.82. The Labute approximate surface area is 196 Å². The molecule has 0 aliphatic rings. The number of aromatic nitrogens is 2. The monoisotopic (exact) mass is 428 g/mol. The summed E-state index contributed by atoms with van der Waals surface area (Å²) in [6.07, 6.45) is 0. The van der Waals surface area contributed by atoms with Gasteiger partial charge in [0.05, 0.1) is 11.4 Å². The van der Waals surface area contributed by atoms with E-state index in [1.807, 2.05) is 0 Å². The van der Waals surface area contributed by atoms with E-state index in [2.05, 4.69) is 134 Å². The minimum atomic E-state index is 0.480. The van der Waals surface area contributed by atoms with Gasteiger partial charge in [-0.25, -0.2) is 4.98 Å². The third-order valence-corrected chi connectivity index (χ3v) is 5.86. The van der Waals surface area contributed by atoms with Crippen molar-refractivity contribution in [3.05, 3.63) is 115 Å². The maximum atomic E-state index is 5.33. The van der Waals surface area contributed by atoms with E-state index in [1.54, 1.807) is 0 Å². The zero-order valence-electron chi connectivity index (χ0n) is 19.1. The standard InChI is InChI=1S/C31H28N2/c1-23(2)22-33-30(26-18-10-5-11-19-26)29(25-16-8-4-9-17-25)32-31(33)28-21-13-12-20-27(28)24-14-6-3-7-15-24/h3-21,23H,22H2,1-2H3. The van der Waals surface area contributed by atoms with Crippen LogP contribution in [0.3, 0.4) is 0 Å². The smallest absolute Gasteiger partial charge is 0.141 e. The summed E-state index contributed by atoms with van der Waals surface area (Å²) in [6.45, 7) is 5.43. The summed E-state index contributed by atoms with van der Waals surface area (Å²) in [4.78, 5) is 5.33. The number of rotatable bonds is 6. The average Bonchev–Trinajstić information content (AvgIpc) is 3.24. The van der Waals surface area contributed by atoms with Gasteiger partial charge in [-0.3, -0.25) is 0 Å². The molecule has 0 bridgehead atoms. The second-order valence-corrected chi connectivity index (χ2v) is 8.78. The molecule has 0 radical (unpaired) electrons. The van der Waals surface area contributed by atoms with Crippen LogP contribution in [0.15, 0.2) is 115 Å². The van der Waals surface area contributed by atoms with E-state index in [0.29, 0.717) is 5.92 Å². The molecule has 0 saturated heterocycles. The van der Waals surface area contributed by atoms with E-state index in [-0.39, 0.29) is 0 Å². The average molecular weight is 429 g/mol. The van der Waals surface area contributed by atoms with Crippen LogP contribution in [0.5, 0.6) is 0 Å². The first-order chi connectivity index (χ1) is 16.2. The van der Waals surface area contributed by atoms with Crippen molar-refractivity contribution in [2.45, 2.75) is 20.4 Å². The molecular weight excluding hydrogens is 400 g/mol. The fourth-order valence-electron chi connectivity index (χ4n) is 4.43. The van der Waals surface area contributed by atoms with Crippen molar-refractivity contribution in [1.29, 1.82) is 0 Å². The summed E-state index contributed by atoms with van der Waals surface area (Å²) in [5.74, 6) is 1.49. The van der Waals surface area contributed by atoms with Gasteiger partial charge in [-0.05, 0) is 17.0 Å². The summed E-state index contributed by atoms with van der Waals surface area (Å²) in [5, 5.41) is 0. The Hall–Kier alpha value is -3.91. The topological polar surface area (TPSA) is 17.8 Å². The SMILES string of the molecule is CC(C)Cn1c(-c2ccccc2-c2ccccc2)nc(-c2ccccc2)c1-c1ccccc1. The summed E-state index contributed by atoms with van der Waals surface area (Å²) in [6, 6.07) is 40.4. The summed E-state index contributed by atoms with van der Waals surface area (Å²) >= 11 is 0. The second kappa shape index (κ2) is 9.30. The molecule has 4 aromatic carbocycles. The van der Waals surface area contributed by atoms with Gasteiger partial charge < -0.3 is 4.57 Å². The zero-order chi connectivity index (χ0) is 22.6. The van der Waals surface area contributed by atoms with Gasteiger partial charge in [-0.1, -0.05) is 129 Å². The van der Waals surface area contributed by atoms with Gasteiger partial charge in [0, 0.05) is 23.2 Å². The molecule has 5 rings (SSSR count). The van der Waals surface area contributed by atoms with Crippen molar-refractivity contribution in [2.75, 3.05) is 0 Å². The molecule has 2 nitrogen and oxygen atoms in total. The first kappa shape index (κ1) is 21.0. The van der Waals surface area contributed by atoms with Crippen LogP contribution in [0.25, 0.3) is 45.0 Å². The second-order valence-electron chi connectivity index (χ2n) is 8.78. The fraction of sp³-hybridized carbons (Fsp3) is 0.129. The molecule has 0 fully saturated rings. The van der Waals surface area contributed by atoms with Gasteiger partial charge in [0.1, 0.15) is 5.82 Å². The van der Waals surface area contributed by atoms with Gasteiger partial charge in [-0.2, -0.15) is 0 Å². The molecule has 1 aromatic heterocycles. The Morgan fingerprint density at radius 2 is 1.06 bits per heavy atom. The summed E-state index contributed by atoms with van der Waals surface area (Å²) < 4.78 is 2.42. The fourth-order valence-corrected chi connectivity index (χ4v) is 4.43. The van der Waals surface area contributed by atoms with E-state index in [1.165, 1.54) is 22.4 Å². The predicted molar refractivity (Wildman–Crippen MR) is 139 cm³/mol. The van der Waals surface area contributed by atoms with Crippen LogP contribution in [0.4, 0.5) is 0 Å². The highest BCUT2D eigenvalue weighted by atomic mass is 15.1. The lowest BCUT2D eigenvalue weighted by atomic mass is 9.99. The van der Waals surface area contributed by atoms with Gasteiger partial charge in [-0.15, -0.1) is 0 Å². The lowest BCUT2D eigenvalue weighted by Gasteiger charge is -2.17. The number of hydrogen-bond acceptors (Lipinski definition) is 1. The van der Waals surface area contributed by atoms with E-state index in [9.17, 15) is 0 Å². The number of imidazole rings is 1. The van der Waals surface area contributed by atoms with Crippen LogP contribution in [0.1, 0.15) is 13.8 Å². The third kappa shape index (κ3) is 4.25. The van der Waals surface area contributed by atoms with E-state index < -0.39 is 0 Å². The summed E-state index contributed by atoms with van der Waals surface area (Å²) in [5.41, 5.74) is 8.09. The van der Waals surface area contributed by atoms with Crippen LogP contribution in [0, 0.1) is 5.92 Å². The van der Waals surface area contributed by atoms with Crippen LogP contribution in [-0.4, -0.2) is 9.55 Å². The molecule has 0 aliphatic heterocycles.